The van der Waals surface area contributed by atoms with Crippen LogP contribution in [0.2, 0.25) is 0 Å². The van der Waals surface area contributed by atoms with Crippen LogP contribution in [0, 0.1) is 11.3 Å². The molecule has 0 radical (unpaired) electrons. The average molecular weight is 293 g/mol. The van der Waals surface area contributed by atoms with Gasteiger partial charge in [-0.15, -0.1) is 0 Å². The molecule has 0 amide bonds. The van der Waals surface area contributed by atoms with Crippen LogP contribution in [0.25, 0.3) is 11.2 Å². The predicted octanol–water partition coefficient (Wildman–Crippen LogP) is 0.525. The predicted molar refractivity (Wildman–Crippen MR) is 79.2 cm³/mol. The number of hydrogen-bond acceptors (Lipinski definition) is 5. The van der Waals surface area contributed by atoms with E-state index < -0.39 is 11.2 Å². The third-order valence-electron chi connectivity index (χ3n) is 3.26. The quantitative estimate of drug-likeness (QED) is 0.702. The lowest BCUT2D eigenvalue weighted by Crippen LogP contribution is -2.41. The van der Waals surface area contributed by atoms with Crippen LogP contribution in [-0.2, 0) is 13.1 Å². The Balaban J connectivity index is 2.29. The Hall–Kier alpha value is -3.27. The summed E-state index contributed by atoms with van der Waals surface area (Å²) in [6.45, 7) is -0.0699. The van der Waals surface area contributed by atoms with Gasteiger partial charge in [0.25, 0.3) is 5.56 Å². The summed E-state index contributed by atoms with van der Waals surface area (Å²) in [7, 11) is 0. The lowest BCUT2D eigenvalue weighted by atomic mass is 10.2. The molecule has 108 valence electrons. The van der Waals surface area contributed by atoms with Crippen LogP contribution in [-0.4, -0.2) is 19.1 Å². The van der Waals surface area contributed by atoms with E-state index in [9.17, 15) is 9.59 Å². The minimum atomic E-state index is -0.566. The second-order valence-electron chi connectivity index (χ2n) is 4.63. The lowest BCUT2D eigenvalue weighted by Gasteiger charge is -2.10. The maximum absolute atomic E-state index is 12.5. The highest BCUT2D eigenvalue weighted by Gasteiger charge is 2.14. The van der Waals surface area contributed by atoms with Crippen molar-refractivity contribution in [1.29, 1.82) is 5.26 Å². The minimum Gasteiger partial charge on any atom is -0.267 e. The Bertz CT molecular complexity index is 983. The van der Waals surface area contributed by atoms with Crippen molar-refractivity contribution in [3.05, 3.63) is 69.1 Å². The van der Waals surface area contributed by atoms with Crippen molar-refractivity contribution in [3.8, 4) is 6.07 Å². The van der Waals surface area contributed by atoms with Crippen molar-refractivity contribution in [3.63, 3.8) is 0 Å². The van der Waals surface area contributed by atoms with Gasteiger partial charge in [-0.25, -0.2) is 14.8 Å². The highest BCUT2D eigenvalue weighted by Crippen LogP contribution is 2.03. The molecule has 3 aromatic rings. The summed E-state index contributed by atoms with van der Waals surface area (Å²) in [5, 5.41) is 8.91. The standard InChI is InChI=1S/C15H11N5O2/c16-6-9-19-13-12(17-7-8-18-13)14(21)20(15(19)22)10-11-4-2-1-3-5-11/h1-5,7-8H,9-10H2. The number of aromatic nitrogens is 4. The van der Waals surface area contributed by atoms with Gasteiger partial charge in [-0.1, -0.05) is 30.3 Å². The topological polar surface area (TPSA) is 93.6 Å². The van der Waals surface area contributed by atoms with Gasteiger partial charge in [-0.2, -0.15) is 5.26 Å². The summed E-state index contributed by atoms with van der Waals surface area (Å²) >= 11 is 0. The Morgan fingerprint density at radius 1 is 1.05 bits per heavy atom. The van der Waals surface area contributed by atoms with Crippen LogP contribution in [0.3, 0.4) is 0 Å². The molecule has 22 heavy (non-hydrogen) atoms. The molecule has 0 aliphatic rings. The van der Waals surface area contributed by atoms with E-state index in [1.165, 1.54) is 12.4 Å². The number of hydrogen-bond donors (Lipinski definition) is 0. The van der Waals surface area contributed by atoms with Gasteiger partial charge in [-0.3, -0.25) is 13.9 Å². The van der Waals surface area contributed by atoms with Crippen molar-refractivity contribution in [2.24, 2.45) is 0 Å². The first-order valence-corrected chi connectivity index (χ1v) is 6.57. The summed E-state index contributed by atoms with van der Waals surface area (Å²) in [4.78, 5) is 33.0. The fourth-order valence-electron chi connectivity index (χ4n) is 2.25. The number of fused-ring (bicyclic) bond motifs is 1. The summed E-state index contributed by atoms with van der Waals surface area (Å²) in [5.41, 5.74) is -0.0559. The molecule has 0 N–H and O–H groups in total. The van der Waals surface area contributed by atoms with Gasteiger partial charge in [-0.05, 0) is 5.56 Å². The minimum absolute atomic E-state index is 0.0771. The Morgan fingerprint density at radius 2 is 1.77 bits per heavy atom. The summed E-state index contributed by atoms with van der Waals surface area (Å²) in [6.07, 6.45) is 2.77. The molecule has 0 fully saturated rings. The number of nitrogens with zero attached hydrogens (tertiary/aromatic N) is 5. The molecule has 0 unspecified atom stereocenters. The fraction of sp³-hybridized carbons (Fsp3) is 0.133. The molecule has 2 aromatic heterocycles. The molecule has 7 heteroatoms. The third kappa shape index (κ3) is 2.27. The van der Waals surface area contributed by atoms with Crippen LogP contribution in [0.1, 0.15) is 5.56 Å². The van der Waals surface area contributed by atoms with Crippen LogP contribution in [0.5, 0.6) is 0 Å². The van der Waals surface area contributed by atoms with Gasteiger partial charge in [0, 0.05) is 12.4 Å². The largest absolute Gasteiger partial charge is 0.333 e. The van der Waals surface area contributed by atoms with E-state index in [1.807, 2.05) is 36.4 Å². The molecule has 0 spiro atoms. The smallest absolute Gasteiger partial charge is 0.267 e. The maximum Gasteiger partial charge on any atom is 0.333 e. The molecular formula is C15H11N5O2. The first-order valence-electron chi connectivity index (χ1n) is 6.57. The van der Waals surface area contributed by atoms with Gasteiger partial charge < -0.3 is 0 Å². The molecule has 0 saturated carbocycles. The number of rotatable bonds is 3. The van der Waals surface area contributed by atoms with Crippen molar-refractivity contribution in [2.75, 3.05) is 0 Å². The fourth-order valence-corrected chi connectivity index (χ4v) is 2.25. The summed E-state index contributed by atoms with van der Waals surface area (Å²) in [6, 6.07) is 11.1. The van der Waals surface area contributed by atoms with Gasteiger partial charge in [0.05, 0.1) is 12.6 Å². The molecule has 0 bridgehead atoms. The Kier molecular flexibility index (Phi) is 3.50. The number of nitriles is 1. The van der Waals surface area contributed by atoms with Crippen LogP contribution < -0.4 is 11.2 Å². The zero-order chi connectivity index (χ0) is 15.5. The molecule has 3 rings (SSSR count). The SMILES string of the molecule is N#CCn1c(=O)n(Cc2ccccc2)c(=O)c2nccnc21. The van der Waals surface area contributed by atoms with Crippen molar-refractivity contribution >= 4 is 11.2 Å². The first-order chi connectivity index (χ1) is 10.7. The molecule has 1 aromatic carbocycles. The zero-order valence-electron chi connectivity index (χ0n) is 11.5. The van der Waals surface area contributed by atoms with E-state index in [0.717, 1.165) is 14.7 Å². The van der Waals surface area contributed by atoms with Crippen molar-refractivity contribution in [2.45, 2.75) is 13.1 Å². The number of benzene rings is 1. The van der Waals surface area contributed by atoms with Crippen molar-refractivity contribution < 1.29 is 0 Å². The van der Waals surface area contributed by atoms with E-state index in [0.29, 0.717) is 0 Å². The zero-order valence-corrected chi connectivity index (χ0v) is 11.5. The van der Waals surface area contributed by atoms with Crippen molar-refractivity contribution in [1.82, 2.24) is 19.1 Å². The molecule has 2 heterocycles. The van der Waals surface area contributed by atoms with Crippen LogP contribution in [0.15, 0.2) is 52.3 Å². The van der Waals surface area contributed by atoms with E-state index >= 15 is 0 Å². The van der Waals surface area contributed by atoms with E-state index in [4.69, 9.17) is 5.26 Å². The lowest BCUT2D eigenvalue weighted by molar-refractivity contribution is 0.637. The molecular weight excluding hydrogens is 282 g/mol. The first kappa shape index (κ1) is 13.7. The van der Waals surface area contributed by atoms with E-state index in [1.54, 1.807) is 0 Å². The van der Waals surface area contributed by atoms with Crippen LogP contribution >= 0.6 is 0 Å². The highest BCUT2D eigenvalue weighted by molar-refractivity contribution is 5.68. The average Bonchev–Trinajstić information content (AvgIpc) is 2.56. The van der Waals surface area contributed by atoms with Gasteiger partial charge in [0.15, 0.2) is 11.2 Å². The Morgan fingerprint density at radius 3 is 2.50 bits per heavy atom. The van der Waals surface area contributed by atoms with Gasteiger partial charge in [0.2, 0.25) is 0 Å². The molecule has 7 nitrogen and oxygen atoms in total. The van der Waals surface area contributed by atoms with E-state index in [2.05, 4.69) is 9.97 Å². The van der Waals surface area contributed by atoms with Crippen LogP contribution in [0.4, 0.5) is 0 Å². The Labute approximate surface area is 124 Å². The van der Waals surface area contributed by atoms with Gasteiger partial charge >= 0.3 is 5.69 Å². The van der Waals surface area contributed by atoms with Gasteiger partial charge in [0.1, 0.15) is 6.54 Å². The molecule has 0 aliphatic heterocycles. The summed E-state index contributed by atoms with van der Waals surface area (Å²) in [5.74, 6) is 0. The monoisotopic (exact) mass is 293 g/mol. The van der Waals surface area contributed by atoms with E-state index in [-0.39, 0.29) is 24.3 Å². The second-order valence-corrected chi connectivity index (χ2v) is 4.63. The normalized spacial score (nSPS) is 10.5. The molecule has 0 saturated heterocycles. The highest BCUT2D eigenvalue weighted by atomic mass is 16.2. The molecule has 0 aliphatic carbocycles. The second kappa shape index (κ2) is 5.61. The third-order valence-corrected chi connectivity index (χ3v) is 3.26. The maximum atomic E-state index is 12.5. The molecule has 0 atom stereocenters. The summed E-state index contributed by atoms with van der Waals surface area (Å²) < 4.78 is 2.23.